The highest BCUT2D eigenvalue weighted by atomic mass is 32.2. The number of fused-ring (bicyclic) bond motifs is 1. The van der Waals surface area contributed by atoms with Crippen molar-refractivity contribution in [2.75, 3.05) is 50.2 Å². The smallest absolute Gasteiger partial charge is 0.409 e. The molecule has 9 nitrogen and oxygen atoms in total. The van der Waals surface area contributed by atoms with Gasteiger partial charge < -0.3 is 19.3 Å². The van der Waals surface area contributed by atoms with E-state index in [1.165, 1.54) is 16.4 Å². The predicted octanol–water partition coefficient (Wildman–Crippen LogP) is 2.12. The van der Waals surface area contributed by atoms with E-state index in [1.807, 2.05) is 24.3 Å². The van der Waals surface area contributed by atoms with Crippen LogP contribution in [-0.4, -0.2) is 76.2 Å². The molecule has 0 N–H and O–H groups in total. The third-order valence-corrected chi connectivity index (χ3v) is 7.60. The Morgan fingerprint density at radius 2 is 1.58 bits per heavy atom. The van der Waals surface area contributed by atoms with Crippen molar-refractivity contribution >= 4 is 27.7 Å². The van der Waals surface area contributed by atoms with Crippen molar-refractivity contribution in [1.29, 1.82) is 0 Å². The molecular weight excluding hydrogens is 446 g/mol. The molecule has 2 heterocycles. The second kappa shape index (κ2) is 9.70. The van der Waals surface area contributed by atoms with Crippen molar-refractivity contribution in [1.82, 2.24) is 9.80 Å². The molecule has 0 radical (unpaired) electrons. The van der Waals surface area contributed by atoms with E-state index in [0.29, 0.717) is 57.2 Å². The normalized spacial score (nSPS) is 15.8. The van der Waals surface area contributed by atoms with Crippen LogP contribution in [0.3, 0.4) is 0 Å². The summed E-state index contributed by atoms with van der Waals surface area (Å²) in [5.74, 6) is 0.221. The van der Waals surface area contributed by atoms with Crippen LogP contribution in [0.4, 0.5) is 10.5 Å². The second-order valence-corrected chi connectivity index (χ2v) is 9.65. The summed E-state index contributed by atoms with van der Waals surface area (Å²) in [5, 5.41) is 0. The maximum Gasteiger partial charge on any atom is 0.409 e. The third kappa shape index (κ3) is 4.90. The van der Waals surface area contributed by atoms with Gasteiger partial charge in [-0.2, -0.15) is 0 Å². The molecule has 0 bridgehead atoms. The van der Waals surface area contributed by atoms with Crippen molar-refractivity contribution in [2.24, 2.45) is 0 Å². The van der Waals surface area contributed by atoms with Crippen molar-refractivity contribution in [3.63, 3.8) is 0 Å². The summed E-state index contributed by atoms with van der Waals surface area (Å²) < 4.78 is 38.2. The van der Waals surface area contributed by atoms with Gasteiger partial charge in [0.2, 0.25) is 0 Å². The third-order valence-electron chi connectivity index (χ3n) is 5.78. The molecule has 4 rings (SSSR count). The summed E-state index contributed by atoms with van der Waals surface area (Å²) in [6, 6.07) is 13.6. The molecule has 33 heavy (non-hydrogen) atoms. The van der Waals surface area contributed by atoms with Crippen molar-refractivity contribution in [3.05, 3.63) is 54.1 Å². The standard InChI is InChI=1S/C23H27N3O6S/c1-2-31-23(28)25-15-13-24(14-16-25)22(27)17-32-19-7-9-20(10-8-19)33(29,30)26-12-11-18-5-3-4-6-21(18)26/h3-10H,2,11-17H2,1H3. The lowest BCUT2D eigenvalue weighted by Gasteiger charge is -2.33. The molecule has 0 spiro atoms. The Labute approximate surface area is 193 Å². The summed E-state index contributed by atoms with van der Waals surface area (Å²) in [5.41, 5.74) is 1.73. The molecule has 2 aliphatic heterocycles. The Morgan fingerprint density at radius 1 is 0.909 bits per heavy atom. The van der Waals surface area contributed by atoms with Crippen LogP contribution in [0.25, 0.3) is 0 Å². The number of sulfonamides is 1. The molecule has 0 unspecified atom stereocenters. The summed E-state index contributed by atoms with van der Waals surface area (Å²) in [6.45, 7) is 3.97. The van der Waals surface area contributed by atoms with Gasteiger partial charge in [-0.1, -0.05) is 18.2 Å². The highest BCUT2D eigenvalue weighted by molar-refractivity contribution is 7.92. The number of carbonyl (C=O) groups is 2. The molecule has 1 fully saturated rings. The van der Waals surface area contributed by atoms with Crippen LogP contribution in [-0.2, 0) is 26.0 Å². The summed E-state index contributed by atoms with van der Waals surface area (Å²) in [4.78, 5) is 27.6. The quantitative estimate of drug-likeness (QED) is 0.638. The van der Waals surface area contributed by atoms with E-state index < -0.39 is 10.0 Å². The topological polar surface area (TPSA) is 96.5 Å². The molecule has 0 aliphatic carbocycles. The van der Waals surface area contributed by atoms with E-state index in [9.17, 15) is 18.0 Å². The zero-order valence-corrected chi connectivity index (χ0v) is 19.3. The van der Waals surface area contributed by atoms with E-state index in [4.69, 9.17) is 9.47 Å². The Morgan fingerprint density at radius 3 is 2.27 bits per heavy atom. The number of rotatable bonds is 6. The summed E-state index contributed by atoms with van der Waals surface area (Å²) >= 11 is 0. The predicted molar refractivity (Wildman–Crippen MR) is 122 cm³/mol. The first kappa shape index (κ1) is 22.9. The molecule has 0 atom stereocenters. The van der Waals surface area contributed by atoms with E-state index in [-0.39, 0.29) is 23.5 Å². The molecule has 1 saturated heterocycles. The lowest BCUT2D eigenvalue weighted by molar-refractivity contribution is -0.134. The van der Waals surface area contributed by atoms with Crippen molar-refractivity contribution in [2.45, 2.75) is 18.2 Å². The molecular formula is C23H27N3O6S. The lowest BCUT2D eigenvalue weighted by Crippen LogP contribution is -2.51. The van der Waals surface area contributed by atoms with Gasteiger partial charge in [0, 0.05) is 32.7 Å². The minimum atomic E-state index is -3.67. The van der Waals surface area contributed by atoms with Crippen LogP contribution >= 0.6 is 0 Å². The number of piperazine rings is 1. The fraction of sp³-hybridized carbons (Fsp3) is 0.391. The van der Waals surface area contributed by atoms with E-state index in [0.717, 1.165) is 5.56 Å². The number of ether oxygens (including phenoxy) is 2. The zero-order chi connectivity index (χ0) is 23.4. The number of benzene rings is 2. The zero-order valence-electron chi connectivity index (χ0n) is 18.5. The lowest BCUT2D eigenvalue weighted by atomic mass is 10.2. The average molecular weight is 474 g/mol. The number of anilines is 1. The Balaban J connectivity index is 1.31. The van der Waals surface area contributed by atoms with E-state index in [2.05, 4.69) is 0 Å². The molecule has 0 saturated carbocycles. The highest BCUT2D eigenvalue weighted by Crippen LogP contribution is 2.33. The SMILES string of the molecule is CCOC(=O)N1CCN(C(=O)COc2ccc(S(=O)(=O)N3CCc4ccccc43)cc2)CC1. The van der Waals surface area contributed by atoms with Gasteiger partial charge in [-0.25, -0.2) is 13.2 Å². The maximum atomic E-state index is 13.1. The Hall–Kier alpha value is -3.27. The van der Waals surface area contributed by atoms with Gasteiger partial charge in [0.25, 0.3) is 15.9 Å². The molecule has 0 aromatic heterocycles. The first-order chi connectivity index (χ1) is 15.9. The molecule has 2 aliphatic rings. The van der Waals surface area contributed by atoms with Gasteiger partial charge >= 0.3 is 6.09 Å². The van der Waals surface area contributed by atoms with E-state index >= 15 is 0 Å². The van der Waals surface area contributed by atoms with Crippen LogP contribution in [0, 0.1) is 0 Å². The maximum absolute atomic E-state index is 13.1. The Bertz CT molecular complexity index is 1110. The molecule has 2 aromatic carbocycles. The van der Waals surface area contributed by atoms with Gasteiger partial charge in [0.15, 0.2) is 6.61 Å². The highest BCUT2D eigenvalue weighted by Gasteiger charge is 2.30. The van der Waals surface area contributed by atoms with Gasteiger partial charge in [-0.15, -0.1) is 0 Å². The van der Waals surface area contributed by atoms with Crippen LogP contribution in [0.2, 0.25) is 0 Å². The number of hydrogen-bond acceptors (Lipinski definition) is 6. The van der Waals surface area contributed by atoms with Gasteiger partial charge in [0.05, 0.1) is 17.2 Å². The number of para-hydroxylation sites is 1. The number of carbonyl (C=O) groups excluding carboxylic acids is 2. The largest absolute Gasteiger partial charge is 0.484 e. The first-order valence-corrected chi connectivity index (χ1v) is 12.4. The molecule has 2 aromatic rings. The summed E-state index contributed by atoms with van der Waals surface area (Å²) in [6.07, 6.45) is 0.320. The summed E-state index contributed by atoms with van der Waals surface area (Å²) in [7, 11) is -3.67. The van der Waals surface area contributed by atoms with Crippen LogP contribution < -0.4 is 9.04 Å². The average Bonchev–Trinajstić information content (AvgIpc) is 3.28. The van der Waals surface area contributed by atoms with E-state index in [1.54, 1.807) is 28.9 Å². The Kier molecular flexibility index (Phi) is 6.73. The number of hydrogen-bond donors (Lipinski definition) is 0. The monoisotopic (exact) mass is 473 g/mol. The van der Waals surface area contributed by atoms with Gasteiger partial charge in [-0.3, -0.25) is 9.10 Å². The molecule has 176 valence electrons. The number of nitrogens with zero attached hydrogens (tertiary/aromatic N) is 3. The van der Waals surface area contributed by atoms with Crippen LogP contribution in [0.5, 0.6) is 5.75 Å². The fourth-order valence-electron chi connectivity index (χ4n) is 3.98. The van der Waals surface area contributed by atoms with Gasteiger partial charge in [0.1, 0.15) is 5.75 Å². The van der Waals surface area contributed by atoms with Crippen LogP contribution in [0.1, 0.15) is 12.5 Å². The van der Waals surface area contributed by atoms with Gasteiger partial charge in [-0.05, 0) is 49.2 Å². The van der Waals surface area contributed by atoms with Crippen molar-refractivity contribution in [3.8, 4) is 5.75 Å². The molecule has 10 heteroatoms. The first-order valence-electron chi connectivity index (χ1n) is 10.9. The van der Waals surface area contributed by atoms with Crippen LogP contribution in [0.15, 0.2) is 53.4 Å². The fourth-order valence-corrected chi connectivity index (χ4v) is 5.49. The number of amides is 2. The second-order valence-electron chi connectivity index (χ2n) is 7.78. The molecule has 2 amide bonds. The minimum absolute atomic E-state index is 0.162. The van der Waals surface area contributed by atoms with Crippen molar-refractivity contribution < 1.29 is 27.5 Å². The minimum Gasteiger partial charge on any atom is -0.484 e.